The average Bonchev–Trinajstić information content (AvgIpc) is 0.722. The molecule has 0 heterocycles. The van der Waals surface area contributed by atoms with Gasteiger partial charge in [0.25, 0.3) is 0 Å². The van der Waals surface area contributed by atoms with Crippen LogP contribution in [0.2, 0.25) is 0 Å². The summed E-state index contributed by atoms with van der Waals surface area (Å²) in [7, 11) is -5.17. The normalized spacial score (nSPS) is 7.25. The van der Waals surface area contributed by atoms with Gasteiger partial charge in [-0.15, -0.1) is 0 Å². The minimum atomic E-state index is -5.17. The summed E-state index contributed by atoms with van der Waals surface area (Å²) in [5.41, 5.74) is 0. The number of rotatable bonds is 0. The molecule has 0 spiro atoms. The summed E-state index contributed by atoms with van der Waals surface area (Å²) in [6.45, 7) is 0. The van der Waals surface area contributed by atoms with Gasteiger partial charge in [-0.2, -0.15) is 0 Å². The van der Waals surface area contributed by atoms with E-state index in [1.807, 2.05) is 0 Å². The molecule has 8 heavy (non-hydrogen) atoms. The van der Waals surface area contributed by atoms with Crippen molar-refractivity contribution in [3.05, 3.63) is 0 Å². The largest absolute Gasteiger partial charge is 2.00 e. The molecule has 6 N–H and O–H groups in total. The summed E-state index contributed by atoms with van der Waals surface area (Å²) < 4.78 is 34.1. The van der Waals surface area contributed by atoms with Crippen molar-refractivity contribution in [2.45, 2.75) is 0 Å². The molecule has 0 radical (unpaired) electrons. The van der Waals surface area contributed by atoms with Crippen molar-refractivity contribution in [1.29, 1.82) is 0 Å². The Morgan fingerprint density at radius 2 is 1.00 bits per heavy atom. The minimum absolute atomic E-state index is 0. The number of hydrogen-bond acceptors (Lipinski definition) is 6. The second-order valence-electron chi connectivity index (χ2n) is 0.408. The monoisotopic (exact) mass is 194 g/mol. The molecule has 0 saturated carbocycles. The minimum Gasteiger partial charge on any atom is -0.759 e. The maximum atomic E-state index is 8.52. The SMILES string of the molecule is N.N.O=S(=O)([O-])[O-].[Zn+2]. The van der Waals surface area contributed by atoms with Crippen molar-refractivity contribution < 1.29 is 37.0 Å². The molecule has 0 bridgehead atoms. The first-order chi connectivity index (χ1) is 2.00. The first-order valence-electron chi connectivity index (χ1n) is 0.667. The van der Waals surface area contributed by atoms with Crippen molar-refractivity contribution in [2.75, 3.05) is 0 Å². The maximum Gasteiger partial charge on any atom is 2.00 e. The van der Waals surface area contributed by atoms with Gasteiger partial charge in [0.1, 0.15) is 0 Å². The fourth-order valence-electron chi connectivity index (χ4n) is 0. The van der Waals surface area contributed by atoms with E-state index in [1.54, 1.807) is 0 Å². The standard InChI is InChI=1S/2H3N.H2O4S.Zn/c;;1-5(2,3)4;/h2*1H3;(H2,1,2,3,4);/q;;;+2/p-2. The van der Waals surface area contributed by atoms with Crippen molar-refractivity contribution in [2.24, 2.45) is 0 Å². The quantitative estimate of drug-likeness (QED) is 0.287. The van der Waals surface area contributed by atoms with E-state index in [-0.39, 0.29) is 31.8 Å². The third kappa shape index (κ3) is 1100. The molecule has 0 unspecified atom stereocenters. The predicted molar refractivity (Wildman–Crippen MR) is 20.5 cm³/mol. The van der Waals surface area contributed by atoms with E-state index < -0.39 is 10.4 Å². The van der Waals surface area contributed by atoms with Crippen molar-refractivity contribution in [1.82, 2.24) is 12.3 Å². The topological polar surface area (TPSA) is 150 Å². The van der Waals surface area contributed by atoms with Gasteiger partial charge in [0.15, 0.2) is 0 Å². The summed E-state index contributed by atoms with van der Waals surface area (Å²) in [5, 5.41) is 0. The summed E-state index contributed by atoms with van der Waals surface area (Å²) in [4.78, 5) is 0. The van der Waals surface area contributed by atoms with Gasteiger partial charge in [0.2, 0.25) is 0 Å². The average molecular weight is 196 g/mol. The Hall–Kier alpha value is 0.413. The molecule has 0 saturated heterocycles. The van der Waals surface area contributed by atoms with Crippen molar-refractivity contribution in [3.63, 3.8) is 0 Å². The molecular weight excluding hydrogens is 189 g/mol. The van der Waals surface area contributed by atoms with Crippen LogP contribution < -0.4 is 12.3 Å². The van der Waals surface area contributed by atoms with Crippen LogP contribution in [-0.4, -0.2) is 17.5 Å². The van der Waals surface area contributed by atoms with Gasteiger partial charge < -0.3 is 21.4 Å². The fourth-order valence-corrected chi connectivity index (χ4v) is 0. The van der Waals surface area contributed by atoms with Crippen molar-refractivity contribution >= 4 is 10.4 Å². The van der Waals surface area contributed by atoms with E-state index in [9.17, 15) is 0 Å². The van der Waals surface area contributed by atoms with Crippen LogP contribution in [0.1, 0.15) is 0 Å². The van der Waals surface area contributed by atoms with Gasteiger partial charge >= 0.3 is 19.5 Å². The first-order valence-corrected chi connectivity index (χ1v) is 2.00. The van der Waals surface area contributed by atoms with Gasteiger partial charge in [-0.3, -0.25) is 8.42 Å². The Balaban J connectivity index is -0.0000000267. The Bertz CT molecular complexity index is 97.2. The van der Waals surface area contributed by atoms with Gasteiger partial charge in [-0.05, 0) is 0 Å². The smallest absolute Gasteiger partial charge is 0.759 e. The van der Waals surface area contributed by atoms with E-state index in [4.69, 9.17) is 17.5 Å². The van der Waals surface area contributed by atoms with Gasteiger partial charge in [-0.1, -0.05) is 0 Å². The third-order valence-electron chi connectivity index (χ3n) is 0. The Kier molecular flexibility index (Phi) is 22.0. The Morgan fingerprint density at radius 1 is 1.00 bits per heavy atom. The summed E-state index contributed by atoms with van der Waals surface area (Å²) in [6.07, 6.45) is 0. The fraction of sp³-hybridized carbons (Fsp3) is 0. The molecule has 0 fully saturated rings. The second-order valence-corrected chi connectivity index (χ2v) is 1.22. The van der Waals surface area contributed by atoms with Crippen LogP contribution in [0.4, 0.5) is 0 Å². The molecule has 0 aromatic carbocycles. The molecular formula is H6N2O4SZn. The van der Waals surface area contributed by atoms with Gasteiger partial charge in [0.05, 0.1) is 0 Å². The van der Waals surface area contributed by atoms with E-state index in [0.717, 1.165) is 0 Å². The zero-order valence-electron chi connectivity index (χ0n) is 4.16. The predicted octanol–water partition coefficient (Wildman–Crippen LogP) is -1.02. The molecule has 0 rings (SSSR count). The zero-order valence-corrected chi connectivity index (χ0v) is 7.95. The zero-order chi connectivity index (χ0) is 4.50. The van der Waals surface area contributed by atoms with Crippen LogP contribution in [0.5, 0.6) is 0 Å². The first kappa shape index (κ1) is 23.7. The number of hydrogen-bond donors (Lipinski definition) is 2. The Labute approximate surface area is 60.2 Å². The van der Waals surface area contributed by atoms with Crippen LogP contribution in [-0.2, 0) is 29.9 Å². The molecule has 0 amide bonds. The molecule has 0 aromatic heterocycles. The Morgan fingerprint density at radius 3 is 1.00 bits per heavy atom. The third-order valence-corrected chi connectivity index (χ3v) is 0. The van der Waals surface area contributed by atoms with Crippen LogP contribution in [0.15, 0.2) is 0 Å². The molecule has 6 nitrogen and oxygen atoms in total. The van der Waals surface area contributed by atoms with Crippen molar-refractivity contribution in [3.8, 4) is 0 Å². The summed E-state index contributed by atoms with van der Waals surface area (Å²) in [6, 6.07) is 0. The molecule has 0 aromatic rings. The van der Waals surface area contributed by atoms with Gasteiger partial charge in [-0.25, -0.2) is 0 Å². The molecule has 0 atom stereocenters. The van der Waals surface area contributed by atoms with Crippen LogP contribution in [0.3, 0.4) is 0 Å². The van der Waals surface area contributed by atoms with Crippen LogP contribution >= 0.6 is 0 Å². The maximum absolute atomic E-state index is 8.52. The molecule has 0 aliphatic rings. The van der Waals surface area contributed by atoms with E-state index in [2.05, 4.69) is 0 Å². The second kappa shape index (κ2) is 7.41. The molecule has 0 aliphatic heterocycles. The van der Waals surface area contributed by atoms with Crippen LogP contribution in [0, 0.1) is 0 Å². The van der Waals surface area contributed by atoms with E-state index in [1.165, 1.54) is 0 Å². The molecule has 0 aliphatic carbocycles. The van der Waals surface area contributed by atoms with Crippen LogP contribution in [0.25, 0.3) is 0 Å². The summed E-state index contributed by atoms with van der Waals surface area (Å²) in [5.74, 6) is 0. The summed E-state index contributed by atoms with van der Waals surface area (Å²) >= 11 is 0. The van der Waals surface area contributed by atoms with E-state index >= 15 is 0 Å². The van der Waals surface area contributed by atoms with E-state index in [0.29, 0.717) is 0 Å². The molecule has 48 valence electrons. The molecule has 8 heteroatoms. The van der Waals surface area contributed by atoms with Gasteiger partial charge in [0, 0.05) is 10.4 Å².